The maximum Gasteiger partial charge on any atom is 0.573 e. The molecule has 3 aromatic rings. The second kappa shape index (κ2) is 7.89. The fourth-order valence-corrected chi connectivity index (χ4v) is 4.37. The summed E-state index contributed by atoms with van der Waals surface area (Å²) >= 11 is 0. The molecule has 158 valence electrons. The fraction of sp³-hybridized carbons (Fsp3) is 0.333. The average Bonchev–Trinajstić information content (AvgIpc) is 2.69. The van der Waals surface area contributed by atoms with E-state index in [0.717, 1.165) is 29.9 Å². The lowest BCUT2D eigenvalue weighted by atomic mass is 9.79. The summed E-state index contributed by atoms with van der Waals surface area (Å²) in [7, 11) is 0. The Kier molecular flexibility index (Phi) is 5.43. The molecule has 1 nitrogen and oxygen atoms in total. The normalized spacial score (nSPS) is 16.5. The predicted octanol–water partition coefficient (Wildman–Crippen LogP) is 7.24. The van der Waals surface area contributed by atoms with E-state index in [1.807, 2.05) is 18.2 Å². The van der Waals surface area contributed by atoms with E-state index < -0.39 is 17.9 Å². The number of halogens is 5. The van der Waals surface area contributed by atoms with Gasteiger partial charge in [0.2, 0.25) is 0 Å². The molecule has 0 spiro atoms. The second-order valence-corrected chi connectivity index (χ2v) is 7.78. The molecule has 1 atom stereocenters. The van der Waals surface area contributed by atoms with Gasteiger partial charge in [-0.1, -0.05) is 49.7 Å². The van der Waals surface area contributed by atoms with Crippen molar-refractivity contribution < 1.29 is 26.7 Å². The van der Waals surface area contributed by atoms with Gasteiger partial charge >= 0.3 is 6.36 Å². The first-order valence-corrected chi connectivity index (χ1v) is 10.0. The van der Waals surface area contributed by atoms with Gasteiger partial charge in [-0.2, -0.15) is 0 Å². The Hall–Kier alpha value is -2.63. The van der Waals surface area contributed by atoms with E-state index in [4.69, 9.17) is 0 Å². The Bertz CT molecular complexity index is 1090. The fourth-order valence-electron chi connectivity index (χ4n) is 4.37. The molecule has 0 aromatic heterocycles. The van der Waals surface area contributed by atoms with Crippen LogP contribution in [0.5, 0.6) is 5.75 Å². The van der Waals surface area contributed by atoms with Gasteiger partial charge in [0.05, 0.1) is 0 Å². The third kappa shape index (κ3) is 4.00. The third-order valence-electron chi connectivity index (χ3n) is 5.77. The summed E-state index contributed by atoms with van der Waals surface area (Å²) < 4.78 is 70.9. The topological polar surface area (TPSA) is 9.23 Å². The van der Waals surface area contributed by atoms with Crippen LogP contribution in [0.1, 0.15) is 47.9 Å². The molecule has 0 radical (unpaired) electrons. The molecule has 30 heavy (non-hydrogen) atoms. The van der Waals surface area contributed by atoms with E-state index in [9.17, 15) is 17.6 Å². The summed E-state index contributed by atoms with van der Waals surface area (Å²) in [6.45, 7) is 2.09. The van der Waals surface area contributed by atoms with Gasteiger partial charge in [-0.05, 0) is 65.3 Å². The van der Waals surface area contributed by atoms with E-state index in [0.29, 0.717) is 29.4 Å². The van der Waals surface area contributed by atoms with Gasteiger partial charge in [0.15, 0.2) is 11.6 Å². The van der Waals surface area contributed by atoms with Gasteiger partial charge in [-0.3, -0.25) is 0 Å². The van der Waals surface area contributed by atoms with Gasteiger partial charge in [0.25, 0.3) is 0 Å². The number of hydrogen-bond acceptors (Lipinski definition) is 1. The van der Waals surface area contributed by atoms with E-state index >= 15 is 4.39 Å². The molecule has 0 bridgehead atoms. The summed E-state index contributed by atoms with van der Waals surface area (Å²) in [6.07, 6.45) is -1.94. The van der Waals surface area contributed by atoms with Crippen molar-refractivity contribution in [2.75, 3.05) is 0 Å². The van der Waals surface area contributed by atoms with Crippen LogP contribution in [0.3, 0.4) is 0 Å². The number of benzene rings is 3. The summed E-state index contributed by atoms with van der Waals surface area (Å²) in [4.78, 5) is 0. The smallest absolute Gasteiger partial charge is 0.403 e. The Morgan fingerprint density at radius 3 is 2.53 bits per heavy atom. The average molecular weight is 420 g/mol. The van der Waals surface area contributed by atoms with Crippen LogP contribution in [0.2, 0.25) is 0 Å². The van der Waals surface area contributed by atoms with Gasteiger partial charge in [-0.25, -0.2) is 8.78 Å². The minimum absolute atomic E-state index is 0.161. The highest BCUT2D eigenvalue weighted by Gasteiger charge is 2.34. The van der Waals surface area contributed by atoms with E-state index in [1.54, 1.807) is 12.1 Å². The Balaban J connectivity index is 1.63. The van der Waals surface area contributed by atoms with Crippen LogP contribution >= 0.6 is 0 Å². The Morgan fingerprint density at radius 2 is 1.80 bits per heavy atom. The molecule has 0 aliphatic heterocycles. The predicted molar refractivity (Wildman–Crippen MR) is 106 cm³/mol. The lowest BCUT2D eigenvalue weighted by Crippen LogP contribution is -2.20. The summed E-state index contributed by atoms with van der Waals surface area (Å²) in [5.74, 6) is -2.24. The van der Waals surface area contributed by atoms with Crippen molar-refractivity contribution >= 4 is 10.8 Å². The van der Waals surface area contributed by atoms with E-state index in [2.05, 4.69) is 11.7 Å². The van der Waals surface area contributed by atoms with E-state index in [-0.39, 0.29) is 23.7 Å². The van der Waals surface area contributed by atoms with Crippen LogP contribution in [0.25, 0.3) is 10.8 Å². The number of ether oxygens (including phenoxy) is 1. The van der Waals surface area contributed by atoms with Gasteiger partial charge in [0, 0.05) is 5.39 Å². The number of rotatable bonds is 4. The minimum Gasteiger partial charge on any atom is -0.403 e. The summed E-state index contributed by atoms with van der Waals surface area (Å²) in [5.41, 5.74) is 2.54. The SMILES string of the molecule is CCCc1ccc2c(F)c(C3CCc4c(ccc(OC(F)(F)F)c4F)C3)ccc2c1. The van der Waals surface area contributed by atoms with Crippen LogP contribution < -0.4 is 4.74 Å². The summed E-state index contributed by atoms with van der Waals surface area (Å²) in [6, 6.07) is 11.9. The van der Waals surface area contributed by atoms with Crippen molar-refractivity contribution in [3.05, 3.63) is 76.4 Å². The highest BCUT2D eigenvalue weighted by Crippen LogP contribution is 2.39. The molecule has 0 heterocycles. The van der Waals surface area contributed by atoms with Crippen LogP contribution in [-0.4, -0.2) is 6.36 Å². The zero-order valence-corrected chi connectivity index (χ0v) is 16.5. The van der Waals surface area contributed by atoms with Gasteiger partial charge < -0.3 is 4.74 Å². The number of hydrogen-bond donors (Lipinski definition) is 0. The van der Waals surface area contributed by atoms with Crippen LogP contribution in [0.15, 0.2) is 42.5 Å². The largest absolute Gasteiger partial charge is 0.573 e. The molecule has 3 aromatic carbocycles. The highest BCUT2D eigenvalue weighted by atomic mass is 19.4. The van der Waals surface area contributed by atoms with E-state index in [1.165, 1.54) is 6.07 Å². The van der Waals surface area contributed by atoms with Crippen LogP contribution in [0, 0.1) is 11.6 Å². The lowest BCUT2D eigenvalue weighted by Gasteiger charge is -2.27. The first kappa shape index (κ1) is 20.6. The quantitative estimate of drug-likeness (QED) is 0.404. The molecule has 0 fully saturated rings. The molecule has 1 aliphatic carbocycles. The zero-order valence-electron chi connectivity index (χ0n) is 16.5. The maximum atomic E-state index is 15.3. The molecular formula is C24H21F5O. The van der Waals surface area contributed by atoms with Crippen molar-refractivity contribution in [3.63, 3.8) is 0 Å². The first-order valence-electron chi connectivity index (χ1n) is 10.0. The molecule has 4 rings (SSSR count). The Morgan fingerprint density at radius 1 is 1.00 bits per heavy atom. The van der Waals surface area contributed by atoms with Crippen molar-refractivity contribution in [2.45, 2.75) is 51.3 Å². The van der Waals surface area contributed by atoms with Crippen LogP contribution in [0.4, 0.5) is 22.0 Å². The second-order valence-electron chi connectivity index (χ2n) is 7.78. The number of aryl methyl sites for hydroxylation is 1. The standard InChI is InChI=1S/C24H21F5O/c1-2-3-14-4-8-18-15(12-14)5-9-19(22(18)25)16-6-10-20-17(13-16)7-11-21(23(20)26)30-24(27,28)29/h4-5,7-9,11-12,16H,2-3,6,10,13H2,1H3. The van der Waals surface area contributed by atoms with Crippen molar-refractivity contribution in [1.29, 1.82) is 0 Å². The third-order valence-corrected chi connectivity index (χ3v) is 5.77. The molecule has 1 unspecified atom stereocenters. The minimum atomic E-state index is -4.95. The zero-order chi connectivity index (χ0) is 21.5. The van der Waals surface area contributed by atoms with Crippen LogP contribution in [-0.2, 0) is 19.3 Å². The summed E-state index contributed by atoms with van der Waals surface area (Å²) in [5, 5.41) is 1.40. The molecule has 1 aliphatic rings. The molecule has 6 heteroatoms. The monoisotopic (exact) mass is 420 g/mol. The van der Waals surface area contributed by atoms with Crippen molar-refractivity contribution in [1.82, 2.24) is 0 Å². The molecule has 0 N–H and O–H groups in total. The van der Waals surface area contributed by atoms with Crippen molar-refractivity contribution in [2.24, 2.45) is 0 Å². The number of fused-ring (bicyclic) bond motifs is 2. The lowest BCUT2D eigenvalue weighted by molar-refractivity contribution is -0.275. The molecule has 0 amide bonds. The molecule has 0 saturated heterocycles. The molecule has 0 saturated carbocycles. The maximum absolute atomic E-state index is 15.3. The number of alkyl halides is 3. The molecular weight excluding hydrogens is 399 g/mol. The van der Waals surface area contributed by atoms with Gasteiger partial charge in [0.1, 0.15) is 5.82 Å². The highest BCUT2D eigenvalue weighted by molar-refractivity contribution is 5.84. The van der Waals surface area contributed by atoms with Gasteiger partial charge in [-0.15, -0.1) is 13.2 Å². The first-order chi connectivity index (χ1) is 14.3. The Labute approximate surface area is 171 Å². The van der Waals surface area contributed by atoms with Crippen molar-refractivity contribution in [3.8, 4) is 5.75 Å².